The van der Waals surface area contributed by atoms with Gasteiger partial charge in [-0.3, -0.25) is 15.1 Å². The molecule has 0 saturated carbocycles. The van der Waals surface area contributed by atoms with Crippen LogP contribution in [-0.2, 0) is 4.79 Å². The predicted octanol–water partition coefficient (Wildman–Crippen LogP) is 6.22. The molecule has 2 aliphatic rings. The smallest absolute Gasteiger partial charge is 0.283 e. The molecule has 0 aromatic heterocycles. The van der Waals surface area contributed by atoms with Crippen LogP contribution in [-0.4, -0.2) is 42.1 Å². The number of aliphatic imine (C=N–C) groups is 1. The van der Waals surface area contributed by atoms with Gasteiger partial charge in [0.2, 0.25) is 0 Å². The highest BCUT2D eigenvalue weighted by Crippen LogP contribution is 2.39. The Morgan fingerprint density at radius 1 is 1.03 bits per heavy atom. The standard InChI is InChI=1S/C28H22BrN3O4S/c1-34-24-16-18(15-22(29)25(24)36-13-12-35-20-10-6-3-7-11-20)14-21-26(30)32-23(19-8-4-2-5-9-19)17-37-28(32)31-27(21)33/h2-11,14-17,30H,12-13H2,1H3/b21-14-,30-26?. The number of methoxy groups -OCH3 is 1. The van der Waals surface area contributed by atoms with Gasteiger partial charge in [0.25, 0.3) is 5.91 Å². The first-order chi connectivity index (χ1) is 18.0. The Bertz CT molecular complexity index is 1440. The number of carbonyl (C=O) groups excluding carboxylic acids is 1. The molecule has 0 atom stereocenters. The Balaban J connectivity index is 1.35. The van der Waals surface area contributed by atoms with Crippen molar-refractivity contribution < 1.29 is 19.0 Å². The largest absolute Gasteiger partial charge is 0.493 e. The first-order valence-electron chi connectivity index (χ1n) is 11.4. The fourth-order valence-corrected chi connectivity index (χ4v) is 5.33. The van der Waals surface area contributed by atoms with Crippen molar-refractivity contribution in [3.63, 3.8) is 0 Å². The molecule has 9 heteroatoms. The van der Waals surface area contributed by atoms with Crippen LogP contribution in [0.2, 0.25) is 0 Å². The third-order valence-electron chi connectivity index (χ3n) is 5.59. The number of hydrogen-bond donors (Lipinski definition) is 1. The summed E-state index contributed by atoms with van der Waals surface area (Å²) in [6, 6.07) is 22.8. The number of fused-ring (bicyclic) bond motifs is 1. The highest BCUT2D eigenvalue weighted by atomic mass is 79.9. The minimum Gasteiger partial charge on any atom is -0.493 e. The number of amides is 1. The molecule has 1 amide bonds. The summed E-state index contributed by atoms with van der Waals surface area (Å²) in [5.74, 6) is 1.40. The van der Waals surface area contributed by atoms with Crippen molar-refractivity contribution in [3.8, 4) is 17.2 Å². The quantitative estimate of drug-likeness (QED) is 0.253. The van der Waals surface area contributed by atoms with Crippen LogP contribution in [0.3, 0.4) is 0 Å². The van der Waals surface area contributed by atoms with Gasteiger partial charge >= 0.3 is 0 Å². The number of halogens is 1. The number of amidine groups is 2. The number of para-hydroxylation sites is 1. The Morgan fingerprint density at radius 3 is 2.46 bits per heavy atom. The Labute approximate surface area is 227 Å². The van der Waals surface area contributed by atoms with Gasteiger partial charge < -0.3 is 14.2 Å². The average Bonchev–Trinajstić information content (AvgIpc) is 3.34. The van der Waals surface area contributed by atoms with E-state index in [0.29, 0.717) is 39.9 Å². The summed E-state index contributed by atoms with van der Waals surface area (Å²) in [6.45, 7) is 0.675. The summed E-state index contributed by atoms with van der Waals surface area (Å²) >= 11 is 4.89. The molecule has 0 radical (unpaired) electrons. The molecule has 7 nitrogen and oxygen atoms in total. The van der Waals surface area contributed by atoms with Crippen LogP contribution >= 0.6 is 27.7 Å². The number of nitrogens with one attached hydrogen (secondary N) is 1. The normalized spacial score (nSPS) is 15.8. The summed E-state index contributed by atoms with van der Waals surface area (Å²) in [5, 5.41) is 11.2. The van der Waals surface area contributed by atoms with Gasteiger partial charge in [0, 0.05) is 5.41 Å². The molecule has 5 rings (SSSR count). The fraction of sp³-hybridized carbons (Fsp3) is 0.107. The van der Waals surface area contributed by atoms with Crippen molar-refractivity contribution >= 4 is 56.4 Å². The molecule has 3 aromatic rings. The van der Waals surface area contributed by atoms with Gasteiger partial charge in [-0.05, 0) is 57.4 Å². The third kappa shape index (κ3) is 5.33. The second kappa shape index (κ2) is 11.1. The number of nitrogens with zero attached hydrogens (tertiary/aromatic N) is 2. The number of ether oxygens (including phenoxy) is 3. The van der Waals surface area contributed by atoms with Crippen molar-refractivity contribution in [1.82, 2.24) is 4.90 Å². The van der Waals surface area contributed by atoms with Gasteiger partial charge in [-0.1, -0.05) is 60.3 Å². The van der Waals surface area contributed by atoms with Gasteiger partial charge in [-0.15, -0.1) is 0 Å². The van der Waals surface area contributed by atoms with E-state index in [-0.39, 0.29) is 11.4 Å². The van der Waals surface area contributed by atoms with E-state index in [1.807, 2.05) is 72.1 Å². The Morgan fingerprint density at radius 2 is 1.73 bits per heavy atom. The molecule has 37 heavy (non-hydrogen) atoms. The molecule has 2 heterocycles. The number of thioether (sulfide) groups is 1. The number of carbonyl (C=O) groups is 1. The minimum atomic E-state index is -0.458. The zero-order valence-electron chi connectivity index (χ0n) is 19.8. The predicted molar refractivity (Wildman–Crippen MR) is 150 cm³/mol. The van der Waals surface area contributed by atoms with Crippen LogP contribution < -0.4 is 14.2 Å². The molecule has 3 aromatic carbocycles. The monoisotopic (exact) mass is 575 g/mol. The molecule has 0 bridgehead atoms. The SMILES string of the molecule is COc1cc(/C=C2/C(=N)N3C(c4ccccc4)=CSC3=NC2=O)cc(Br)c1OCCOc1ccccc1. The third-order valence-corrected chi connectivity index (χ3v) is 7.00. The van der Waals surface area contributed by atoms with E-state index in [2.05, 4.69) is 20.9 Å². The van der Waals surface area contributed by atoms with Crippen LogP contribution in [0.15, 0.2) is 93.2 Å². The first-order valence-corrected chi connectivity index (χ1v) is 13.1. The number of hydrogen-bond acceptors (Lipinski definition) is 6. The van der Waals surface area contributed by atoms with Crippen molar-refractivity contribution in [2.45, 2.75) is 0 Å². The van der Waals surface area contributed by atoms with Crippen molar-refractivity contribution in [3.05, 3.63) is 99.4 Å². The molecule has 186 valence electrons. The zero-order valence-corrected chi connectivity index (χ0v) is 22.2. The molecule has 0 spiro atoms. The van der Waals surface area contributed by atoms with E-state index in [1.54, 1.807) is 24.2 Å². The fourth-order valence-electron chi connectivity index (χ4n) is 3.86. The molecule has 0 fully saturated rings. The van der Waals surface area contributed by atoms with Crippen LogP contribution in [0.1, 0.15) is 11.1 Å². The summed E-state index contributed by atoms with van der Waals surface area (Å²) in [4.78, 5) is 18.8. The number of rotatable bonds is 8. The molecule has 0 aliphatic carbocycles. The zero-order chi connectivity index (χ0) is 25.8. The van der Waals surface area contributed by atoms with Gasteiger partial charge in [-0.25, -0.2) is 0 Å². The second-order valence-electron chi connectivity index (χ2n) is 7.97. The lowest BCUT2D eigenvalue weighted by Gasteiger charge is -2.27. The Kier molecular flexibility index (Phi) is 7.43. The Hall–Kier alpha value is -3.82. The van der Waals surface area contributed by atoms with E-state index >= 15 is 0 Å². The van der Waals surface area contributed by atoms with Gasteiger partial charge in [0.05, 0.1) is 22.9 Å². The lowest BCUT2D eigenvalue weighted by molar-refractivity contribution is -0.114. The number of benzene rings is 3. The summed E-state index contributed by atoms with van der Waals surface area (Å²) in [6.07, 6.45) is 1.64. The van der Waals surface area contributed by atoms with Crippen molar-refractivity contribution in [2.24, 2.45) is 4.99 Å². The van der Waals surface area contributed by atoms with Crippen LogP contribution in [0.5, 0.6) is 17.2 Å². The highest BCUT2D eigenvalue weighted by Gasteiger charge is 2.36. The van der Waals surface area contributed by atoms with Gasteiger partial charge in [0.1, 0.15) is 24.8 Å². The maximum atomic E-state index is 12.9. The molecular formula is C28H22BrN3O4S. The lowest BCUT2D eigenvalue weighted by Crippen LogP contribution is -2.38. The van der Waals surface area contributed by atoms with E-state index in [0.717, 1.165) is 17.0 Å². The second-order valence-corrected chi connectivity index (χ2v) is 9.66. The van der Waals surface area contributed by atoms with Crippen molar-refractivity contribution in [2.75, 3.05) is 20.3 Å². The molecule has 0 unspecified atom stereocenters. The highest BCUT2D eigenvalue weighted by molar-refractivity contribution is 9.10. The van der Waals surface area contributed by atoms with E-state index in [1.165, 1.54) is 11.8 Å². The van der Waals surface area contributed by atoms with Crippen LogP contribution in [0, 0.1) is 5.41 Å². The molecular weight excluding hydrogens is 554 g/mol. The summed E-state index contributed by atoms with van der Waals surface area (Å²) in [5.41, 5.74) is 2.61. The van der Waals surface area contributed by atoms with E-state index < -0.39 is 5.91 Å². The summed E-state index contributed by atoms with van der Waals surface area (Å²) in [7, 11) is 1.55. The van der Waals surface area contributed by atoms with Gasteiger partial charge in [0.15, 0.2) is 16.7 Å². The molecule has 1 N–H and O–H groups in total. The average molecular weight is 576 g/mol. The summed E-state index contributed by atoms with van der Waals surface area (Å²) < 4.78 is 17.8. The maximum absolute atomic E-state index is 12.9. The van der Waals surface area contributed by atoms with Crippen LogP contribution in [0.25, 0.3) is 11.8 Å². The topological polar surface area (TPSA) is 84.2 Å². The van der Waals surface area contributed by atoms with E-state index in [9.17, 15) is 4.79 Å². The van der Waals surface area contributed by atoms with Crippen LogP contribution in [0.4, 0.5) is 0 Å². The maximum Gasteiger partial charge on any atom is 0.283 e. The van der Waals surface area contributed by atoms with Gasteiger partial charge in [-0.2, -0.15) is 4.99 Å². The molecule has 0 saturated heterocycles. The first kappa shape index (κ1) is 24.9. The lowest BCUT2D eigenvalue weighted by atomic mass is 10.1. The molecule has 2 aliphatic heterocycles. The van der Waals surface area contributed by atoms with E-state index in [4.69, 9.17) is 19.6 Å². The van der Waals surface area contributed by atoms with Crippen molar-refractivity contribution in [1.29, 1.82) is 5.41 Å². The minimum absolute atomic E-state index is 0.0728.